The molecule has 0 atom stereocenters. The van der Waals surface area contributed by atoms with Crippen molar-refractivity contribution < 1.29 is 14.3 Å². The lowest BCUT2D eigenvalue weighted by Crippen LogP contribution is -2.38. The Labute approximate surface area is 112 Å². The van der Waals surface area contributed by atoms with Crippen LogP contribution in [0, 0.1) is 11.3 Å². The van der Waals surface area contributed by atoms with Crippen molar-refractivity contribution in [2.75, 3.05) is 27.3 Å². The normalized spacial score (nSPS) is 13.7. The summed E-state index contributed by atoms with van der Waals surface area (Å²) in [5, 5.41) is 8.60. The average molecular weight is 260 g/mol. The quantitative estimate of drug-likeness (QED) is 0.825. The highest BCUT2D eigenvalue weighted by Crippen LogP contribution is 2.36. The molecule has 2 rings (SSSR count). The van der Waals surface area contributed by atoms with Crippen molar-refractivity contribution in [3.05, 3.63) is 23.3 Å². The number of hydrogen-bond acceptors (Lipinski definition) is 4. The molecule has 1 aromatic carbocycles. The molecule has 0 radical (unpaired) electrons. The molecule has 0 aliphatic carbocycles. The van der Waals surface area contributed by atoms with Crippen molar-refractivity contribution in [2.24, 2.45) is 0 Å². The fourth-order valence-electron chi connectivity index (χ4n) is 2.36. The summed E-state index contributed by atoms with van der Waals surface area (Å²) >= 11 is 0. The molecular weight excluding hydrogens is 244 g/mol. The number of ether oxygens (including phenoxy) is 2. The van der Waals surface area contributed by atoms with Gasteiger partial charge in [-0.2, -0.15) is 5.26 Å². The van der Waals surface area contributed by atoms with Crippen LogP contribution in [0.1, 0.15) is 22.3 Å². The molecule has 0 fully saturated rings. The van der Waals surface area contributed by atoms with Gasteiger partial charge in [0.15, 0.2) is 11.5 Å². The van der Waals surface area contributed by atoms with Crippen LogP contribution in [0.5, 0.6) is 11.5 Å². The zero-order valence-corrected chi connectivity index (χ0v) is 11.1. The second kappa shape index (κ2) is 5.61. The summed E-state index contributed by atoms with van der Waals surface area (Å²) in [6.45, 7) is 1.08. The summed E-state index contributed by atoms with van der Waals surface area (Å²) < 4.78 is 10.6. The smallest absolute Gasteiger partial charge is 0.254 e. The van der Waals surface area contributed by atoms with Gasteiger partial charge < -0.3 is 14.4 Å². The van der Waals surface area contributed by atoms with Crippen LogP contribution in [0.3, 0.4) is 0 Å². The van der Waals surface area contributed by atoms with Crippen LogP contribution >= 0.6 is 0 Å². The van der Waals surface area contributed by atoms with E-state index in [1.54, 1.807) is 31.3 Å². The first-order valence-electron chi connectivity index (χ1n) is 6.13. The fourth-order valence-corrected chi connectivity index (χ4v) is 2.36. The summed E-state index contributed by atoms with van der Waals surface area (Å²) in [5.41, 5.74) is 1.53. The van der Waals surface area contributed by atoms with Gasteiger partial charge in [0, 0.05) is 24.2 Å². The molecule has 19 heavy (non-hydrogen) atoms. The van der Waals surface area contributed by atoms with Crippen LogP contribution in [-0.4, -0.2) is 38.1 Å². The average Bonchev–Trinajstić information content (AvgIpc) is 2.45. The third-order valence-corrected chi connectivity index (χ3v) is 3.29. The molecule has 0 saturated carbocycles. The molecule has 0 bridgehead atoms. The van der Waals surface area contributed by atoms with Gasteiger partial charge in [0.25, 0.3) is 5.91 Å². The van der Waals surface area contributed by atoms with E-state index in [1.807, 2.05) is 0 Å². The van der Waals surface area contributed by atoms with Gasteiger partial charge in [-0.15, -0.1) is 0 Å². The Bertz CT molecular complexity index is 534. The lowest BCUT2D eigenvalue weighted by Gasteiger charge is -2.29. The van der Waals surface area contributed by atoms with Crippen molar-refractivity contribution in [3.8, 4) is 17.6 Å². The Morgan fingerprint density at radius 3 is 2.79 bits per heavy atom. The molecule has 1 amide bonds. The molecule has 1 aliphatic heterocycles. The Hall–Kier alpha value is -2.22. The molecule has 1 heterocycles. The molecule has 5 heteroatoms. The van der Waals surface area contributed by atoms with Gasteiger partial charge in [0.1, 0.15) is 0 Å². The van der Waals surface area contributed by atoms with E-state index in [1.165, 1.54) is 0 Å². The van der Waals surface area contributed by atoms with Gasteiger partial charge in [0.05, 0.1) is 26.7 Å². The monoisotopic (exact) mass is 260 g/mol. The second-order valence-electron chi connectivity index (χ2n) is 4.28. The number of benzene rings is 1. The first-order valence-corrected chi connectivity index (χ1v) is 6.13. The fraction of sp³-hybridized carbons (Fsp3) is 0.429. The van der Waals surface area contributed by atoms with Crippen molar-refractivity contribution in [2.45, 2.75) is 12.8 Å². The summed E-state index contributed by atoms with van der Waals surface area (Å²) in [6, 6.07) is 5.56. The first-order chi connectivity index (χ1) is 9.22. The number of hydrogen-bond donors (Lipinski definition) is 0. The summed E-state index contributed by atoms with van der Waals surface area (Å²) in [4.78, 5) is 14.0. The van der Waals surface area contributed by atoms with Crippen LogP contribution in [-0.2, 0) is 6.42 Å². The topological polar surface area (TPSA) is 62.6 Å². The van der Waals surface area contributed by atoms with Crippen LogP contribution in [0.15, 0.2) is 12.1 Å². The molecule has 1 aliphatic rings. The van der Waals surface area contributed by atoms with Gasteiger partial charge in [0.2, 0.25) is 0 Å². The van der Waals surface area contributed by atoms with Crippen LogP contribution in [0.2, 0.25) is 0 Å². The van der Waals surface area contributed by atoms with E-state index in [0.717, 1.165) is 5.56 Å². The molecular formula is C14H16N2O3. The van der Waals surface area contributed by atoms with E-state index in [9.17, 15) is 4.79 Å². The number of methoxy groups -OCH3 is 2. The van der Waals surface area contributed by atoms with Gasteiger partial charge in [-0.1, -0.05) is 0 Å². The number of nitrogens with zero attached hydrogens (tertiary/aromatic N) is 2. The highest BCUT2D eigenvalue weighted by atomic mass is 16.5. The van der Waals surface area contributed by atoms with Crippen molar-refractivity contribution in [3.63, 3.8) is 0 Å². The Kier molecular flexibility index (Phi) is 3.91. The standard InChI is InChI=1S/C14H16N2O3/c1-18-12-5-4-11-10(13(12)19-2)6-9-16(14(11)17)8-3-7-15/h4-5H,3,6,8-9H2,1-2H3. The number of nitriles is 1. The number of carbonyl (C=O) groups is 1. The maximum absolute atomic E-state index is 12.3. The van der Waals surface area contributed by atoms with E-state index in [-0.39, 0.29) is 5.91 Å². The lowest BCUT2D eigenvalue weighted by atomic mass is 9.97. The molecule has 0 N–H and O–H groups in total. The Morgan fingerprint density at radius 2 is 2.16 bits per heavy atom. The molecule has 0 spiro atoms. The largest absolute Gasteiger partial charge is 0.493 e. The molecule has 5 nitrogen and oxygen atoms in total. The van der Waals surface area contributed by atoms with Crippen molar-refractivity contribution in [1.82, 2.24) is 4.90 Å². The molecule has 0 aromatic heterocycles. The summed E-state index contributed by atoms with van der Waals surface area (Å²) in [7, 11) is 3.15. The van der Waals surface area contributed by atoms with Crippen molar-refractivity contribution in [1.29, 1.82) is 5.26 Å². The van der Waals surface area contributed by atoms with E-state index < -0.39 is 0 Å². The number of amides is 1. The predicted molar refractivity (Wildman–Crippen MR) is 69.4 cm³/mol. The second-order valence-corrected chi connectivity index (χ2v) is 4.28. The number of rotatable bonds is 4. The van der Waals surface area contributed by atoms with E-state index in [2.05, 4.69) is 6.07 Å². The van der Waals surface area contributed by atoms with Gasteiger partial charge in [-0.25, -0.2) is 0 Å². The third-order valence-electron chi connectivity index (χ3n) is 3.29. The van der Waals surface area contributed by atoms with E-state index in [4.69, 9.17) is 14.7 Å². The molecule has 1 aromatic rings. The Balaban J connectivity index is 2.35. The van der Waals surface area contributed by atoms with Gasteiger partial charge in [-0.3, -0.25) is 4.79 Å². The third kappa shape index (κ3) is 2.34. The lowest BCUT2D eigenvalue weighted by molar-refractivity contribution is 0.0742. The van der Waals surface area contributed by atoms with Gasteiger partial charge >= 0.3 is 0 Å². The van der Waals surface area contributed by atoms with Crippen LogP contribution in [0.4, 0.5) is 0 Å². The number of fused-ring (bicyclic) bond motifs is 1. The molecule has 100 valence electrons. The highest BCUT2D eigenvalue weighted by molar-refractivity contribution is 5.97. The summed E-state index contributed by atoms with van der Waals surface area (Å²) in [6.07, 6.45) is 1.07. The Morgan fingerprint density at radius 1 is 1.37 bits per heavy atom. The van der Waals surface area contributed by atoms with E-state index >= 15 is 0 Å². The SMILES string of the molecule is COc1ccc2c(c1OC)CCN(CCC#N)C2=O. The maximum Gasteiger partial charge on any atom is 0.254 e. The number of carbonyl (C=O) groups excluding carboxylic acids is 1. The minimum absolute atomic E-state index is 0.0440. The van der Waals surface area contributed by atoms with Gasteiger partial charge in [-0.05, 0) is 18.6 Å². The predicted octanol–water partition coefficient (Wildman–Crippen LogP) is 1.62. The minimum Gasteiger partial charge on any atom is -0.493 e. The van der Waals surface area contributed by atoms with Crippen LogP contribution in [0.25, 0.3) is 0 Å². The molecule has 0 unspecified atom stereocenters. The zero-order chi connectivity index (χ0) is 13.8. The van der Waals surface area contributed by atoms with E-state index in [0.29, 0.717) is 43.0 Å². The zero-order valence-electron chi connectivity index (χ0n) is 11.1. The molecule has 0 saturated heterocycles. The summed E-state index contributed by atoms with van der Waals surface area (Å²) in [5.74, 6) is 1.23. The first kappa shape index (κ1) is 13.2. The highest BCUT2D eigenvalue weighted by Gasteiger charge is 2.27. The maximum atomic E-state index is 12.3. The minimum atomic E-state index is -0.0440. The van der Waals surface area contributed by atoms with Crippen molar-refractivity contribution >= 4 is 5.91 Å². The van der Waals surface area contributed by atoms with Crippen LogP contribution < -0.4 is 9.47 Å².